The fraction of sp³-hybridized carbons (Fsp3) is 0.188. The molecular formula is C16H15BrN2O. The molecule has 0 amide bonds. The summed E-state index contributed by atoms with van der Waals surface area (Å²) in [5.41, 5.74) is 2.42. The second-order valence-corrected chi connectivity index (χ2v) is 5.24. The van der Waals surface area contributed by atoms with Crippen molar-refractivity contribution in [1.29, 1.82) is 5.26 Å². The summed E-state index contributed by atoms with van der Waals surface area (Å²) in [5.74, 6) is 0.669. The van der Waals surface area contributed by atoms with Crippen LogP contribution in [0.4, 0.5) is 5.69 Å². The third-order valence-corrected chi connectivity index (χ3v) is 3.82. The molecule has 2 rings (SSSR count). The summed E-state index contributed by atoms with van der Waals surface area (Å²) in [6, 6.07) is 15.7. The molecule has 2 aromatic carbocycles. The first-order chi connectivity index (χ1) is 9.67. The fourth-order valence-electron chi connectivity index (χ4n) is 2.06. The lowest BCUT2D eigenvalue weighted by Crippen LogP contribution is -2.09. The number of benzene rings is 2. The molecule has 4 heteroatoms. The van der Waals surface area contributed by atoms with Crippen molar-refractivity contribution in [3.63, 3.8) is 0 Å². The molecule has 0 aliphatic heterocycles. The number of ether oxygens (including phenoxy) is 1. The zero-order valence-corrected chi connectivity index (χ0v) is 12.9. The van der Waals surface area contributed by atoms with Gasteiger partial charge in [0.25, 0.3) is 0 Å². The average molecular weight is 331 g/mol. The molecule has 0 aliphatic carbocycles. The van der Waals surface area contributed by atoms with Crippen molar-refractivity contribution in [2.75, 3.05) is 12.4 Å². The van der Waals surface area contributed by atoms with E-state index < -0.39 is 0 Å². The zero-order chi connectivity index (χ0) is 14.5. The van der Waals surface area contributed by atoms with Crippen LogP contribution >= 0.6 is 15.9 Å². The number of methoxy groups -OCH3 is 1. The highest BCUT2D eigenvalue weighted by molar-refractivity contribution is 9.10. The number of halogens is 1. The van der Waals surface area contributed by atoms with Crippen molar-refractivity contribution in [3.8, 4) is 11.8 Å². The molecule has 0 fully saturated rings. The van der Waals surface area contributed by atoms with E-state index in [4.69, 9.17) is 4.74 Å². The number of hydrogen-bond donors (Lipinski definition) is 1. The summed E-state index contributed by atoms with van der Waals surface area (Å²) < 4.78 is 6.37. The van der Waals surface area contributed by atoms with Crippen molar-refractivity contribution in [2.45, 2.75) is 13.0 Å². The molecule has 0 aliphatic rings. The van der Waals surface area contributed by atoms with E-state index in [0.29, 0.717) is 11.3 Å². The number of hydrogen-bond acceptors (Lipinski definition) is 3. The SMILES string of the molecule is COc1cccc(C#N)c1NC(C)c1ccccc1Br. The van der Waals surface area contributed by atoms with Crippen LogP contribution in [0.2, 0.25) is 0 Å². The topological polar surface area (TPSA) is 45.0 Å². The monoisotopic (exact) mass is 330 g/mol. The third kappa shape index (κ3) is 2.94. The van der Waals surface area contributed by atoms with E-state index in [1.165, 1.54) is 0 Å². The number of nitriles is 1. The Kier molecular flexibility index (Phi) is 4.65. The molecular weight excluding hydrogens is 316 g/mol. The maximum atomic E-state index is 9.22. The highest BCUT2D eigenvalue weighted by Gasteiger charge is 2.14. The quantitative estimate of drug-likeness (QED) is 0.897. The van der Waals surface area contributed by atoms with Crippen molar-refractivity contribution >= 4 is 21.6 Å². The first kappa shape index (κ1) is 14.4. The Morgan fingerprint density at radius 3 is 2.60 bits per heavy atom. The highest BCUT2D eigenvalue weighted by atomic mass is 79.9. The Morgan fingerprint density at radius 2 is 1.95 bits per heavy atom. The Bertz CT molecular complexity index is 649. The van der Waals surface area contributed by atoms with E-state index >= 15 is 0 Å². The Balaban J connectivity index is 2.35. The van der Waals surface area contributed by atoms with Gasteiger partial charge in [-0.15, -0.1) is 0 Å². The minimum absolute atomic E-state index is 0.0500. The summed E-state index contributed by atoms with van der Waals surface area (Å²) in [5, 5.41) is 12.6. The third-order valence-electron chi connectivity index (χ3n) is 3.10. The van der Waals surface area contributed by atoms with Gasteiger partial charge in [0.2, 0.25) is 0 Å². The van der Waals surface area contributed by atoms with E-state index in [9.17, 15) is 5.26 Å². The van der Waals surface area contributed by atoms with Crippen LogP contribution < -0.4 is 10.1 Å². The summed E-state index contributed by atoms with van der Waals surface area (Å²) in [4.78, 5) is 0. The predicted octanol–water partition coefficient (Wildman–Crippen LogP) is 4.50. The molecule has 2 aromatic rings. The fourth-order valence-corrected chi connectivity index (χ4v) is 2.69. The van der Waals surface area contributed by atoms with Gasteiger partial charge in [0.1, 0.15) is 11.8 Å². The van der Waals surface area contributed by atoms with E-state index in [1.807, 2.05) is 43.3 Å². The highest BCUT2D eigenvalue weighted by Crippen LogP contribution is 2.33. The molecule has 0 saturated heterocycles. The van der Waals surface area contributed by atoms with Crippen molar-refractivity contribution in [3.05, 3.63) is 58.1 Å². The van der Waals surface area contributed by atoms with E-state index in [1.54, 1.807) is 13.2 Å². The van der Waals surface area contributed by atoms with Gasteiger partial charge in [-0.25, -0.2) is 0 Å². The zero-order valence-electron chi connectivity index (χ0n) is 11.4. The van der Waals surface area contributed by atoms with Crippen molar-refractivity contribution in [2.24, 2.45) is 0 Å². The lowest BCUT2D eigenvalue weighted by atomic mass is 10.1. The van der Waals surface area contributed by atoms with Gasteiger partial charge in [0, 0.05) is 10.5 Å². The summed E-state index contributed by atoms with van der Waals surface area (Å²) >= 11 is 3.55. The molecule has 0 saturated carbocycles. The number of anilines is 1. The Morgan fingerprint density at radius 1 is 1.20 bits per heavy atom. The van der Waals surface area contributed by atoms with Crippen LogP contribution in [0.5, 0.6) is 5.75 Å². The van der Waals surface area contributed by atoms with Gasteiger partial charge in [0.05, 0.1) is 18.4 Å². The molecule has 0 radical (unpaired) electrons. The average Bonchev–Trinajstić information content (AvgIpc) is 2.47. The van der Waals surface area contributed by atoms with Gasteiger partial charge in [-0.05, 0) is 30.7 Å². The van der Waals surface area contributed by atoms with Crippen LogP contribution in [0.15, 0.2) is 46.9 Å². The molecule has 1 N–H and O–H groups in total. The molecule has 3 nitrogen and oxygen atoms in total. The standard InChI is InChI=1S/C16H15BrN2O/c1-11(13-7-3-4-8-14(13)17)19-16-12(10-18)6-5-9-15(16)20-2/h3-9,11,19H,1-2H3. The minimum Gasteiger partial charge on any atom is -0.495 e. The largest absolute Gasteiger partial charge is 0.495 e. The van der Waals surface area contributed by atoms with Gasteiger partial charge in [0.15, 0.2) is 0 Å². The predicted molar refractivity (Wildman–Crippen MR) is 83.9 cm³/mol. The second-order valence-electron chi connectivity index (χ2n) is 4.38. The maximum absolute atomic E-state index is 9.22. The van der Waals surface area contributed by atoms with Crippen LogP contribution in [-0.2, 0) is 0 Å². The summed E-state index contributed by atoms with van der Waals surface area (Å²) in [7, 11) is 1.60. The van der Waals surface area contributed by atoms with Gasteiger partial charge in [-0.1, -0.05) is 40.2 Å². The first-order valence-corrected chi connectivity index (χ1v) is 7.04. The van der Waals surface area contributed by atoms with Gasteiger partial charge in [-0.3, -0.25) is 0 Å². The molecule has 0 aromatic heterocycles. The molecule has 1 atom stereocenters. The number of nitrogens with one attached hydrogen (secondary N) is 1. The molecule has 1 unspecified atom stereocenters. The van der Waals surface area contributed by atoms with E-state index in [2.05, 4.69) is 27.3 Å². The first-order valence-electron chi connectivity index (χ1n) is 6.25. The summed E-state index contributed by atoms with van der Waals surface area (Å²) in [6.45, 7) is 2.05. The molecule has 0 spiro atoms. The van der Waals surface area contributed by atoms with Crippen molar-refractivity contribution < 1.29 is 4.74 Å². The molecule has 0 bridgehead atoms. The minimum atomic E-state index is 0.0500. The van der Waals surface area contributed by atoms with Gasteiger partial charge in [-0.2, -0.15) is 5.26 Å². The smallest absolute Gasteiger partial charge is 0.143 e. The van der Waals surface area contributed by atoms with Crippen LogP contribution in [0.3, 0.4) is 0 Å². The van der Waals surface area contributed by atoms with Crippen LogP contribution in [0.25, 0.3) is 0 Å². The van der Waals surface area contributed by atoms with Gasteiger partial charge >= 0.3 is 0 Å². The van der Waals surface area contributed by atoms with E-state index in [-0.39, 0.29) is 6.04 Å². The lowest BCUT2D eigenvalue weighted by molar-refractivity contribution is 0.416. The molecule has 20 heavy (non-hydrogen) atoms. The number of nitrogens with zero attached hydrogens (tertiary/aromatic N) is 1. The van der Waals surface area contributed by atoms with Crippen molar-refractivity contribution in [1.82, 2.24) is 0 Å². The number of rotatable bonds is 4. The van der Waals surface area contributed by atoms with E-state index in [0.717, 1.165) is 15.7 Å². The molecule has 102 valence electrons. The normalized spacial score (nSPS) is 11.5. The lowest BCUT2D eigenvalue weighted by Gasteiger charge is -2.19. The Labute approximate surface area is 127 Å². The maximum Gasteiger partial charge on any atom is 0.143 e. The van der Waals surface area contributed by atoms with Crippen LogP contribution in [0, 0.1) is 11.3 Å². The van der Waals surface area contributed by atoms with Crippen LogP contribution in [0.1, 0.15) is 24.1 Å². The Hall–Kier alpha value is -1.99. The van der Waals surface area contributed by atoms with Crippen LogP contribution in [-0.4, -0.2) is 7.11 Å². The number of para-hydroxylation sites is 1. The summed E-state index contributed by atoms with van der Waals surface area (Å²) in [6.07, 6.45) is 0. The van der Waals surface area contributed by atoms with Gasteiger partial charge < -0.3 is 10.1 Å². The molecule has 0 heterocycles. The second kappa shape index (κ2) is 6.44.